The molecular formula is C20H15Cl3N2O3S. The Bertz CT molecular complexity index is 1100. The third kappa shape index (κ3) is 5.42. The summed E-state index contributed by atoms with van der Waals surface area (Å²) in [5.41, 5.74) is 0.714. The van der Waals surface area contributed by atoms with Crippen LogP contribution in [0.15, 0.2) is 77.7 Å². The number of hydrogen-bond donors (Lipinski definition) is 1. The van der Waals surface area contributed by atoms with Gasteiger partial charge in [0.05, 0.1) is 10.6 Å². The van der Waals surface area contributed by atoms with Crippen molar-refractivity contribution in [3.05, 3.63) is 87.9 Å². The van der Waals surface area contributed by atoms with Crippen LogP contribution in [-0.4, -0.2) is 20.9 Å². The Morgan fingerprint density at radius 3 is 2.00 bits per heavy atom. The molecule has 1 amide bonds. The SMILES string of the molecule is O=C(CN(c1ccccc1)S(=O)(=O)c1ccc(Cl)cc1)Nc1cc(Cl)cc(Cl)c1. The Balaban J connectivity index is 1.92. The van der Waals surface area contributed by atoms with E-state index in [1.807, 2.05) is 0 Å². The van der Waals surface area contributed by atoms with Crippen LogP contribution in [0.2, 0.25) is 15.1 Å². The zero-order chi connectivity index (χ0) is 21.0. The van der Waals surface area contributed by atoms with E-state index in [9.17, 15) is 13.2 Å². The molecule has 0 aromatic heterocycles. The maximum atomic E-state index is 13.2. The molecule has 0 aliphatic carbocycles. The van der Waals surface area contributed by atoms with E-state index in [-0.39, 0.29) is 4.90 Å². The quantitative estimate of drug-likeness (QED) is 0.520. The molecule has 0 bridgehead atoms. The molecule has 0 unspecified atom stereocenters. The first-order valence-electron chi connectivity index (χ1n) is 8.35. The van der Waals surface area contributed by atoms with Gasteiger partial charge in [-0.25, -0.2) is 8.42 Å². The molecule has 29 heavy (non-hydrogen) atoms. The summed E-state index contributed by atoms with van der Waals surface area (Å²) in [6.07, 6.45) is 0. The van der Waals surface area contributed by atoms with Gasteiger partial charge in [0.15, 0.2) is 0 Å². The van der Waals surface area contributed by atoms with Gasteiger partial charge in [-0.3, -0.25) is 9.10 Å². The summed E-state index contributed by atoms with van der Waals surface area (Å²) in [6.45, 7) is -0.445. The van der Waals surface area contributed by atoms with Crippen molar-refractivity contribution in [1.82, 2.24) is 0 Å². The molecular weight excluding hydrogens is 455 g/mol. The molecule has 0 radical (unpaired) electrons. The van der Waals surface area contributed by atoms with Crippen molar-refractivity contribution < 1.29 is 13.2 Å². The number of nitrogens with zero attached hydrogens (tertiary/aromatic N) is 1. The van der Waals surface area contributed by atoms with Crippen LogP contribution in [0.25, 0.3) is 0 Å². The number of hydrogen-bond acceptors (Lipinski definition) is 3. The predicted octanol–water partition coefficient (Wildman–Crippen LogP) is 5.48. The molecule has 0 heterocycles. The highest BCUT2D eigenvalue weighted by molar-refractivity contribution is 7.92. The number of halogens is 3. The number of carbonyl (C=O) groups is 1. The van der Waals surface area contributed by atoms with E-state index in [4.69, 9.17) is 34.8 Å². The molecule has 3 aromatic carbocycles. The van der Waals surface area contributed by atoms with E-state index in [1.54, 1.807) is 30.3 Å². The van der Waals surface area contributed by atoms with E-state index >= 15 is 0 Å². The number of carbonyl (C=O) groups excluding carboxylic acids is 1. The predicted molar refractivity (Wildman–Crippen MR) is 118 cm³/mol. The fourth-order valence-corrected chi connectivity index (χ4v) is 4.67. The second-order valence-electron chi connectivity index (χ2n) is 6.01. The van der Waals surface area contributed by atoms with Crippen molar-refractivity contribution in [2.75, 3.05) is 16.2 Å². The molecule has 9 heteroatoms. The van der Waals surface area contributed by atoms with Crippen LogP contribution in [0.1, 0.15) is 0 Å². The molecule has 1 N–H and O–H groups in total. The smallest absolute Gasteiger partial charge is 0.264 e. The lowest BCUT2D eigenvalue weighted by molar-refractivity contribution is -0.114. The van der Waals surface area contributed by atoms with E-state index in [2.05, 4.69) is 5.32 Å². The highest BCUT2D eigenvalue weighted by Gasteiger charge is 2.27. The highest BCUT2D eigenvalue weighted by Crippen LogP contribution is 2.26. The van der Waals surface area contributed by atoms with Gasteiger partial charge in [-0.15, -0.1) is 0 Å². The molecule has 0 spiro atoms. The van der Waals surface area contributed by atoms with E-state index in [1.165, 1.54) is 42.5 Å². The minimum atomic E-state index is -4.01. The molecule has 0 saturated heterocycles. The fourth-order valence-electron chi connectivity index (χ4n) is 2.60. The minimum absolute atomic E-state index is 0.0179. The Labute approximate surface area is 183 Å². The average Bonchev–Trinajstić information content (AvgIpc) is 2.66. The fraction of sp³-hybridized carbons (Fsp3) is 0.0500. The van der Waals surface area contributed by atoms with Gasteiger partial charge in [-0.1, -0.05) is 53.0 Å². The standard InChI is InChI=1S/C20H15Cl3N2O3S/c21-14-6-8-19(9-7-14)29(27,28)25(18-4-2-1-3-5-18)13-20(26)24-17-11-15(22)10-16(23)12-17/h1-12H,13H2,(H,24,26). The van der Waals surface area contributed by atoms with Crippen molar-refractivity contribution in [3.63, 3.8) is 0 Å². The first-order chi connectivity index (χ1) is 13.8. The molecule has 0 aliphatic rings. The summed E-state index contributed by atoms with van der Waals surface area (Å²) in [5.74, 6) is -0.551. The minimum Gasteiger partial charge on any atom is -0.324 e. The van der Waals surface area contributed by atoms with Crippen LogP contribution in [0.3, 0.4) is 0 Å². The molecule has 3 rings (SSSR count). The van der Waals surface area contributed by atoms with Gasteiger partial charge in [0.25, 0.3) is 10.0 Å². The molecule has 0 saturated carbocycles. The summed E-state index contributed by atoms with van der Waals surface area (Å²) in [6, 6.07) is 18.7. The number of benzene rings is 3. The zero-order valence-corrected chi connectivity index (χ0v) is 17.9. The van der Waals surface area contributed by atoms with Gasteiger partial charge in [-0.05, 0) is 54.6 Å². The van der Waals surface area contributed by atoms with Gasteiger partial charge in [0.2, 0.25) is 5.91 Å². The number of rotatable bonds is 6. The summed E-state index contributed by atoms with van der Waals surface area (Å²) >= 11 is 17.8. The van der Waals surface area contributed by atoms with Gasteiger partial charge in [0, 0.05) is 20.8 Å². The zero-order valence-electron chi connectivity index (χ0n) is 14.8. The monoisotopic (exact) mass is 468 g/mol. The number of para-hydroxylation sites is 1. The van der Waals surface area contributed by atoms with Gasteiger partial charge in [0.1, 0.15) is 6.54 Å². The first-order valence-corrected chi connectivity index (χ1v) is 10.9. The summed E-state index contributed by atoms with van der Waals surface area (Å²) in [5, 5.41) is 3.73. The van der Waals surface area contributed by atoms with Crippen LogP contribution in [-0.2, 0) is 14.8 Å². The van der Waals surface area contributed by atoms with Crippen LogP contribution < -0.4 is 9.62 Å². The normalized spacial score (nSPS) is 11.1. The van der Waals surface area contributed by atoms with Crippen LogP contribution >= 0.6 is 34.8 Å². The third-order valence-electron chi connectivity index (χ3n) is 3.88. The van der Waals surface area contributed by atoms with Crippen molar-refractivity contribution in [2.45, 2.75) is 4.90 Å². The maximum absolute atomic E-state index is 13.2. The Kier molecular flexibility index (Phi) is 6.70. The van der Waals surface area contributed by atoms with Crippen LogP contribution in [0.5, 0.6) is 0 Å². The molecule has 3 aromatic rings. The average molecular weight is 470 g/mol. The van der Waals surface area contributed by atoms with Crippen molar-refractivity contribution in [2.24, 2.45) is 0 Å². The van der Waals surface area contributed by atoms with E-state index < -0.39 is 22.5 Å². The first kappa shape index (κ1) is 21.5. The molecule has 0 fully saturated rings. The second kappa shape index (κ2) is 9.05. The van der Waals surface area contributed by atoms with Gasteiger partial charge < -0.3 is 5.32 Å². The molecule has 150 valence electrons. The lowest BCUT2D eigenvalue weighted by Crippen LogP contribution is -2.38. The lowest BCUT2D eigenvalue weighted by Gasteiger charge is -2.24. The second-order valence-corrected chi connectivity index (χ2v) is 9.18. The molecule has 5 nitrogen and oxygen atoms in total. The Morgan fingerprint density at radius 1 is 0.828 bits per heavy atom. The maximum Gasteiger partial charge on any atom is 0.264 e. The highest BCUT2D eigenvalue weighted by atomic mass is 35.5. The molecule has 0 atom stereocenters. The largest absolute Gasteiger partial charge is 0.324 e. The lowest BCUT2D eigenvalue weighted by atomic mass is 10.3. The van der Waals surface area contributed by atoms with E-state index in [0.29, 0.717) is 26.4 Å². The third-order valence-corrected chi connectivity index (χ3v) is 6.36. The van der Waals surface area contributed by atoms with Crippen molar-refractivity contribution >= 4 is 62.1 Å². The van der Waals surface area contributed by atoms with Crippen molar-refractivity contribution in [3.8, 4) is 0 Å². The van der Waals surface area contributed by atoms with Crippen molar-refractivity contribution in [1.29, 1.82) is 0 Å². The molecule has 0 aliphatic heterocycles. The number of anilines is 2. The Hall–Kier alpha value is -2.25. The van der Waals surface area contributed by atoms with Crippen LogP contribution in [0.4, 0.5) is 11.4 Å². The van der Waals surface area contributed by atoms with Gasteiger partial charge in [-0.2, -0.15) is 0 Å². The summed E-state index contributed by atoms with van der Waals surface area (Å²) in [4.78, 5) is 12.6. The number of nitrogens with one attached hydrogen (secondary N) is 1. The Morgan fingerprint density at radius 2 is 1.41 bits per heavy atom. The number of amides is 1. The summed E-state index contributed by atoms with van der Waals surface area (Å²) < 4.78 is 27.4. The van der Waals surface area contributed by atoms with Gasteiger partial charge >= 0.3 is 0 Å². The van der Waals surface area contributed by atoms with Crippen LogP contribution in [0, 0.1) is 0 Å². The number of sulfonamides is 1. The van der Waals surface area contributed by atoms with E-state index in [0.717, 1.165) is 4.31 Å². The topological polar surface area (TPSA) is 66.5 Å². The summed E-state index contributed by atoms with van der Waals surface area (Å²) in [7, 11) is -4.01.